The molecule has 4 rings (SSSR count). The van der Waals surface area contributed by atoms with Crippen LogP contribution in [-0.4, -0.2) is 52.3 Å². The minimum Gasteiger partial charge on any atom is -0.494 e. The number of oxazole rings is 1. The molecule has 3 aromatic rings. The highest BCUT2D eigenvalue weighted by molar-refractivity contribution is 5.54. The van der Waals surface area contributed by atoms with Crippen molar-refractivity contribution >= 4 is 0 Å². The van der Waals surface area contributed by atoms with Crippen LogP contribution in [0.25, 0.3) is 11.5 Å². The summed E-state index contributed by atoms with van der Waals surface area (Å²) in [6.45, 7) is 7.54. The number of aromatic nitrogens is 3. The summed E-state index contributed by atoms with van der Waals surface area (Å²) < 4.78 is 18.7. The zero-order chi connectivity index (χ0) is 18.5. The topological polar surface area (TPSA) is 65.5 Å². The van der Waals surface area contributed by atoms with Crippen molar-refractivity contribution in [1.29, 1.82) is 0 Å². The molecule has 3 heterocycles. The van der Waals surface area contributed by atoms with Gasteiger partial charge in [-0.3, -0.25) is 4.90 Å². The Morgan fingerprint density at radius 1 is 1.11 bits per heavy atom. The smallest absolute Gasteiger partial charge is 0.226 e. The normalized spacial score (nSPS) is 15.1. The summed E-state index contributed by atoms with van der Waals surface area (Å²) >= 11 is 0. The van der Waals surface area contributed by atoms with E-state index in [4.69, 9.17) is 13.9 Å². The molecular formula is C20H24N4O3. The van der Waals surface area contributed by atoms with E-state index in [1.54, 1.807) is 6.26 Å². The van der Waals surface area contributed by atoms with Crippen LogP contribution in [0.5, 0.6) is 5.75 Å². The fourth-order valence-corrected chi connectivity index (χ4v) is 3.14. The summed E-state index contributed by atoms with van der Waals surface area (Å²) in [4.78, 5) is 11.5. The van der Waals surface area contributed by atoms with E-state index in [1.165, 1.54) is 0 Å². The molecule has 0 unspecified atom stereocenters. The minimum absolute atomic E-state index is 0.614. The molecule has 0 atom stereocenters. The van der Waals surface area contributed by atoms with Crippen LogP contribution in [0, 0.1) is 0 Å². The second-order valence-electron chi connectivity index (χ2n) is 6.46. The summed E-state index contributed by atoms with van der Waals surface area (Å²) in [5, 5.41) is 0. The lowest BCUT2D eigenvalue weighted by Crippen LogP contribution is -2.36. The summed E-state index contributed by atoms with van der Waals surface area (Å²) in [6, 6.07) is 7.78. The van der Waals surface area contributed by atoms with Gasteiger partial charge in [-0.15, -0.1) is 0 Å². The van der Waals surface area contributed by atoms with Crippen LogP contribution in [0.1, 0.15) is 18.4 Å². The first-order valence-corrected chi connectivity index (χ1v) is 9.29. The Morgan fingerprint density at radius 2 is 1.93 bits per heavy atom. The second kappa shape index (κ2) is 8.37. The molecule has 1 aliphatic rings. The molecule has 1 saturated heterocycles. The van der Waals surface area contributed by atoms with Crippen LogP contribution in [0.15, 0.2) is 47.3 Å². The number of imidazole rings is 1. The Hall–Kier alpha value is -2.64. The van der Waals surface area contributed by atoms with Gasteiger partial charge in [-0.05, 0) is 31.2 Å². The zero-order valence-electron chi connectivity index (χ0n) is 15.5. The van der Waals surface area contributed by atoms with E-state index < -0.39 is 0 Å². The van der Waals surface area contributed by atoms with E-state index in [-0.39, 0.29) is 0 Å². The zero-order valence-corrected chi connectivity index (χ0v) is 15.5. The molecule has 1 fully saturated rings. The van der Waals surface area contributed by atoms with Gasteiger partial charge in [0.25, 0.3) is 0 Å². The van der Waals surface area contributed by atoms with Crippen molar-refractivity contribution in [3.63, 3.8) is 0 Å². The van der Waals surface area contributed by atoms with Crippen LogP contribution in [0.2, 0.25) is 0 Å². The number of nitrogens with zero attached hydrogens (tertiary/aromatic N) is 4. The van der Waals surface area contributed by atoms with E-state index in [9.17, 15) is 0 Å². The number of morpholine rings is 1. The molecule has 0 bridgehead atoms. The maximum absolute atomic E-state index is 5.68. The Balaban J connectivity index is 1.43. The highest BCUT2D eigenvalue weighted by Crippen LogP contribution is 2.22. The minimum atomic E-state index is 0.614. The van der Waals surface area contributed by atoms with Gasteiger partial charge in [-0.2, -0.15) is 0 Å². The number of hydrogen-bond donors (Lipinski definition) is 0. The predicted octanol–water partition coefficient (Wildman–Crippen LogP) is 2.82. The third-order valence-corrected chi connectivity index (χ3v) is 4.57. The average Bonchev–Trinajstić information content (AvgIpc) is 3.34. The van der Waals surface area contributed by atoms with Crippen LogP contribution in [-0.2, 0) is 17.8 Å². The maximum atomic E-state index is 5.68. The molecule has 0 spiro atoms. The predicted molar refractivity (Wildman–Crippen MR) is 101 cm³/mol. The third kappa shape index (κ3) is 4.37. The first kappa shape index (κ1) is 17.8. The van der Waals surface area contributed by atoms with Crippen LogP contribution in [0.4, 0.5) is 0 Å². The monoisotopic (exact) mass is 368 g/mol. The second-order valence-corrected chi connectivity index (χ2v) is 6.46. The lowest BCUT2D eigenvalue weighted by Gasteiger charge is -2.26. The Bertz CT molecular complexity index is 850. The van der Waals surface area contributed by atoms with Crippen LogP contribution < -0.4 is 4.74 Å². The van der Waals surface area contributed by atoms with Gasteiger partial charge < -0.3 is 18.5 Å². The standard InChI is InChI=1S/C20H24N4O3/c1-2-26-18-5-3-16(4-6-18)20-22-17(15-27-20)13-24-8-7-21-19(24)14-23-9-11-25-12-10-23/h3-8,15H,2,9-14H2,1H3. The van der Waals surface area contributed by atoms with Crippen LogP contribution >= 0.6 is 0 Å². The number of benzene rings is 1. The highest BCUT2D eigenvalue weighted by Gasteiger charge is 2.15. The summed E-state index contributed by atoms with van der Waals surface area (Å²) in [5.74, 6) is 2.49. The van der Waals surface area contributed by atoms with Gasteiger partial charge in [0.15, 0.2) is 0 Å². The fraction of sp³-hybridized carbons (Fsp3) is 0.400. The molecule has 1 aliphatic heterocycles. The summed E-state index contributed by atoms with van der Waals surface area (Å²) in [7, 11) is 0. The molecule has 0 N–H and O–H groups in total. The van der Waals surface area contributed by atoms with Gasteiger partial charge in [-0.1, -0.05) is 0 Å². The quantitative estimate of drug-likeness (QED) is 0.639. The van der Waals surface area contributed by atoms with Crippen molar-refractivity contribution in [2.45, 2.75) is 20.0 Å². The number of rotatable bonds is 7. The van der Waals surface area contributed by atoms with Crippen molar-refractivity contribution in [3.05, 3.63) is 54.4 Å². The molecule has 0 amide bonds. The van der Waals surface area contributed by atoms with E-state index in [0.717, 1.165) is 55.7 Å². The molecule has 1 aromatic carbocycles. The first-order chi connectivity index (χ1) is 13.3. The fourth-order valence-electron chi connectivity index (χ4n) is 3.14. The molecular weight excluding hydrogens is 344 g/mol. The molecule has 2 aromatic heterocycles. The summed E-state index contributed by atoms with van der Waals surface area (Å²) in [6.07, 6.45) is 5.54. The van der Waals surface area contributed by atoms with Crippen molar-refractivity contribution in [2.75, 3.05) is 32.9 Å². The molecule has 7 nitrogen and oxygen atoms in total. The average molecular weight is 368 g/mol. The number of hydrogen-bond acceptors (Lipinski definition) is 6. The van der Waals surface area contributed by atoms with Gasteiger partial charge in [0.05, 0.1) is 38.6 Å². The van der Waals surface area contributed by atoms with Gasteiger partial charge >= 0.3 is 0 Å². The van der Waals surface area contributed by atoms with Crippen molar-refractivity contribution in [2.24, 2.45) is 0 Å². The van der Waals surface area contributed by atoms with E-state index in [0.29, 0.717) is 19.0 Å². The molecule has 0 saturated carbocycles. The number of ether oxygens (including phenoxy) is 2. The third-order valence-electron chi connectivity index (χ3n) is 4.57. The van der Waals surface area contributed by atoms with E-state index in [1.807, 2.05) is 43.6 Å². The van der Waals surface area contributed by atoms with E-state index >= 15 is 0 Å². The summed E-state index contributed by atoms with van der Waals surface area (Å²) in [5.41, 5.74) is 1.81. The largest absolute Gasteiger partial charge is 0.494 e. The SMILES string of the molecule is CCOc1ccc(-c2nc(Cn3ccnc3CN3CCOCC3)co2)cc1. The lowest BCUT2D eigenvalue weighted by molar-refractivity contribution is 0.0326. The highest BCUT2D eigenvalue weighted by atomic mass is 16.5. The molecule has 27 heavy (non-hydrogen) atoms. The Labute approximate surface area is 158 Å². The lowest BCUT2D eigenvalue weighted by atomic mass is 10.2. The Kier molecular flexibility index (Phi) is 5.50. The van der Waals surface area contributed by atoms with Crippen molar-refractivity contribution in [1.82, 2.24) is 19.4 Å². The molecule has 142 valence electrons. The Morgan fingerprint density at radius 3 is 2.70 bits per heavy atom. The van der Waals surface area contributed by atoms with Gasteiger partial charge in [0.1, 0.15) is 17.8 Å². The van der Waals surface area contributed by atoms with Crippen molar-refractivity contribution < 1.29 is 13.9 Å². The van der Waals surface area contributed by atoms with E-state index in [2.05, 4.69) is 19.4 Å². The maximum Gasteiger partial charge on any atom is 0.226 e. The first-order valence-electron chi connectivity index (χ1n) is 9.29. The van der Waals surface area contributed by atoms with Gasteiger partial charge in [0, 0.05) is 31.0 Å². The van der Waals surface area contributed by atoms with Gasteiger partial charge in [-0.25, -0.2) is 9.97 Å². The molecule has 7 heteroatoms. The van der Waals surface area contributed by atoms with Crippen LogP contribution in [0.3, 0.4) is 0 Å². The molecule has 0 aliphatic carbocycles. The molecule has 0 radical (unpaired) electrons. The van der Waals surface area contributed by atoms with Crippen molar-refractivity contribution in [3.8, 4) is 17.2 Å². The van der Waals surface area contributed by atoms with Gasteiger partial charge in [0.2, 0.25) is 5.89 Å².